The predicted octanol–water partition coefficient (Wildman–Crippen LogP) is 5.48. The number of thiophene rings is 1. The molecular weight excluding hydrogens is 414 g/mol. The predicted molar refractivity (Wildman–Crippen MR) is 105 cm³/mol. The summed E-state index contributed by atoms with van der Waals surface area (Å²) in [5.41, 5.74) is 1.82. The zero-order valence-corrected chi connectivity index (χ0v) is 15.8. The van der Waals surface area contributed by atoms with Gasteiger partial charge in [-0.15, -0.1) is 11.3 Å². The van der Waals surface area contributed by atoms with E-state index in [1.807, 2.05) is 53.9 Å². The van der Waals surface area contributed by atoms with Crippen LogP contribution in [-0.2, 0) is 0 Å². The Morgan fingerprint density at radius 1 is 1.04 bits per heavy atom. The minimum atomic E-state index is -0.220. The lowest BCUT2D eigenvalue weighted by atomic mass is 10.1. The number of amides is 1. The van der Waals surface area contributed by atoms with Crippen molar-refractivity contribution >= 4 is 38.9 Å². The van der Waals surface area contributed by atoms with E-state index in [2.05, 4.69) is 31.4 Å². The standard InChI is InChI=1S/C19H12BrN3O2S/c20-14-8-3-1-6-12(14)18(24)21-15-9-4-2-7-13(15)19-22-17(23-25-19)16-10-5-11-26-16/h1-11H,(H,21,24). The summed E-state index contributed by atoms with van der Waals surface area (Å²) < 4.78 is 6.14. The van der Waals surface area contributed by atoms with Crippen molar-refractivity contribution in [3.8, 4) is 22.2 Å². The molecule has 2 aromatic carbocycles. The number of aromatic nitrogens is 2. The highest BCUT2D eigenvalue weighted by Gasteiger charge is 2.17. The summed E-state index contributed by atoms with van der Waals surface area (Å²) in [6.07, 6.45) is 0. The maximum atomic E-state index is 12.6. The van der Waals surface area contributed by atoms with Crippen LogP contribution in [0.25, 0.3) is 22.2 Å². The Labute approximate surface area is 161 Å². The Hall–Kier alpha value is -2.77. The van der Waals surface area contributed by atoms with Crippen molar-refractivity contribution in [1.29, 1.82) is 0 Å². The Morgan fingerprint density at radius 2 is 1.85 bits per heavy atom. The first-order valence-electron chi connectivity index (χ1n) is 7.75. The van der Waals surface area contributed by atoms with Gasteiger partial charge in [-0.2, -0.15) is 4.98 Å². The topological polar surface area (TPSA) is 68.0 Å². The van der Waals surface area contributed by atoms with E-state index in [4.69, 9.17) is 4.52 Å². The molecule has 2 aromatic heterocycles. The first kappa shape index (κ1) is 16.7. The maximum Gasteiger partial charge on any atom is 0.260 e. The van der Waals surface area contributed by atoms with Crippen molar-refractivity contribution in [3.05, 3.63) is 76.1 Å². The monoisotopic (exact) mass is 425 g/mol. The van der Waals surface area contributed by atoms with Gasteiger partial charge in [0.05, 0.1) is 21.7 Å². The lowest BCUT2D eigenvalue weighted by Crippen LogP contribution is -2.13. The van der Waals surface area contributed by atoms with Gasteiger partial charge in [-0.25, -0.2) is 0 Å². The number of nitrogens with zero attached hydrogens (tertiary/aromatic N) is 2. The van der Waals surface area contributed by atoms with E-state index in [-0.39, 0.29) is 5.91 Å². The number of anilines is 1. The summed E-state index contributed by atoms with van der Waals surface area (Å²) in [7, 11) is 0. The molecule has 0 spiro atoms. The molecular formula is C19H12BrN3O2S. The van der Waals surface area contributed by atoms with Crippen molar-refractivity contribution in [1.82, 2.24) is 10.1 Å². The molecule has 4 aromatic rings. The summed E-state index contributed by atoms with van der Waals surface area (Å²) >= 11 is 4.94. The number of carbonyl (C=O) groups excluding carboxylic acids is 1. The van der Waals surface area contributed by atoms with Crippen LogP contribution in [-0.4, -0.2) is 16.0 Å². The van der Waals surface area contributed by atoms with Gasteiger partial charge < -0.3 is 9.84 Å². The van der Waals surface area contributed by atoms with Crippen molar-refractivity contribution in [3.63, 3.8) is 0 Å². The zero-order chi connectivity index (χ0) is 17.9. The highest BCUT2D eigenvalue weighted by atomic mass is 79.9. The molecule has 0 atom stereocenters. The van der Waals surface area contributed by atoms with Crippen molar-refractivity contribution in [2.75, 3.05) is 5.32 Å². The number of nitrogens with one attached hydrogen (secondary N) is 1. The van der Waals surface area contributed by atoms with Gasteiger partial charge in [0.2, 0.25) is 5.82 Å². The highest BCUT2D eigenvalue weighted by Crippen LogP contribution is 2.30. The molecule has 1 N–H and O–H groups in total. The second-order valence-corrected chi connectivity index (χ2v) is 7.18. The van der Waals surface area contributed by atoms with Crippen LogP contribution in [0.5, 0.6) is 0 Å². The number of carbonyl (C=O) groups is 1. The normalized spacial score (nSPS) is 10.7. The molecule has 0 aliphatic rings. The zero-order valence-electron chi connectivity index (χ0n) is 13.3. The van der Waals surface area contributed by atoms with Gasteiger partial charge in [-0.1, -0.05) is 35.5 Å². The number of rotatable bonds is 4. The summed E-state index contributed by atoms with van der Waals surface area (Å²) in [5.74, 6) is 0.668. The molecule has 0 saturated carbocycles. The quantitative estimate of drug-likeness (QED) is 0.469. The molecule has 0 bridgehead atoms. The van der Waals surface area contributed by atoms with E-state index in [0.29, 0.717) is 28.5 Å². The Balaban J connectivity index is 1.65. The number of halogens is 1. The van der Waals surface area contributed by atoms with Gasteiger partial charge in [0, 0.05) is 4.47 Å². The molecule has 0 saturated heterocycles. The maximum absolute atomic E-state index is 12.6. The van der Waals surface area contributed by atoms with Gasteiger partial charge in [-0.3, -0.25) is 4.79 Å². The molecule has 26 heavy (non-hydrogen) atoms. The van der Waals surface area contributed by atoms with Crippen LogP contribution in [0.4, 0.5) is 5.69 Å². The molecule has 0 fully saturated rings. The molecule has 2 heterocycles. The smallest absolute Gasteiger partial charge is 0.260 e. The van der Waals surface area contributed by atoms with Gasteiger partial charge in [0.1, 0.15) is 0 Å². The van der Waals surface area contributed by atoms with Crippen LogP contribution in [0.2, 0.25) is 0 Å². The molecule has 0 aliphatic heterocycles. The van der Waals surface area contributed by atoms with Gasteiger partial charge >= 0.3 is 0 Å². The summed E-state index contributed by atoms with van der Waals surface area (Å²) in [6.45, 7) is 0. The molecule has 1 amide bonds. The molecule has 128 valence electrons. The van der Waals surface area contributed by atoms with E-state index in [9.17, 15) is 4.79 Å². The Morgan fingerprint density at radius 3 is 2.65 bits per heavy atom. The molecule has 4 rings (SSSR count). The number of hydrogen-bond acceptors (Lipinski definition) is 5. The summed E-state index contributed by atoms with van der Waals surface area (Å²) in [6, 6.07) is 18.5. The number of benzene rings is 2. The van der Waals surface area contributed by atoms with Crippen molar-refractivity contribution in [2.45, 2.75) is 0 Å². The van der Waals surface area contributed by atoms with Crippen LogP contribution in [0, 0.1) is 0 Å². The summed E-state index contributed by atoms with van der Waals surface area (Å²) in [4.78, 5) is 18.0. The van der Waals surface area contributed by atoms with Gasteiger partial charge in [0.25, 0.3) is 11.8 Å². The lowest BCUT2D eigenvalue weighted by Gasteiger charge is -2.09. The van der Waals surface area contributed by atoms with Crippen molar-refractivity contribution in [2.24, 2.45) is 0 Å². The summed E-state index contributed by atoms with van der Waals surface area (Å²) in [5, 5.41) is 8.90. The van der Waals surface area contributed by atoms with Crippen LogP contribution in [0.15, 0.2) is 75.0 Å². The van der Waals surface area contributed by atoms with E-state index in [0.717, 1.165) is 9.35 Å². The first-order chi connectivity index (χ1) is 12.7. The van der Waals surface area contributed by atoms with Crippen molar-refractivity contribution < 1.29 is 9.32 Å². The third-order valence-corrected chi connectivity index (χ3v) is 5.25. The SMILES string of the molecule is O=C(Nc1ccccc1-c1nc(-c2cccs2)no1)c1ccccc1Br. The van der Waals surface area contributed by atoms with Gasteiger partial charge in [-0.05, 0) is 51.6 Å². The van der Waals surface area contributed by atoms with E-state index < -0.39 is 0 Å². The Bertz CT molecular complexity index is 1060. The Kier molecular flexibility index (Phi) is 4.64. The molecule has 7 heteroatoms. The lowest BCUT2D eigenvalue weighted by molar-refractivity contribution is 0.102. The largest absolute Gasteiger partial charge is 0.334 e. The first-order valence-corrected chi connectivity index (χ1v) is 9.42. The van der Waals surface area contributed by atoms with E-state index in [1.54, 1.807) is 12.1 Å². The minimum Gasteiger partial charge on any atom is -0.334 e. The second-order valence-electron chi connectivity index (χ2n) is 5.38. The van der Waals surface area contributed by atoms with Crippen LogP contribution < -0.4 is 5.32 Å². The molecule has 0 radical (unpaired) electrons. The molecule has 5 nitrogen and oxygen atoms in total. The average Bonchev–Trinajstić information content (AvgIpc) is 3.34. The number of hydrogen-bond donors (Lipinski definition) is 1. The van der Waals surface area contributed by atoms with Crippen LogP contribution >= 0.6 is 27.3 Å². The second kappa shape index (κ2) is 7.23. The van der Waals surface area contributed by atoms with Crippen LogP contribution in [0.1, 0.15) is 10.4 Å². The van der Waals surface area contributed by atoms with E-state index in [1.165, 1.54) is 11.3 Å². The third kappa shape index (κ3) is 3.31. The fourth-order valence-corrected chi connectivity index (χ4v) is 3.57. The number of para-hydroxylation sites is 1. The molecule has 0 unspecified atom stereocenters. The van der Waals surface area contributed by atoms with Crippen LogP contribution in [0.3, 0.4) is 0 Å². The van der Waals surface area contributed by atoms with Gasteiger partial charge in [0.15, 0.2) is 0 Å². The van der Waals surface area contributed by atoms with E-state index >= 15 is 0 Å². The molecule has 0 aliphatic carbocycles. The third-order valence-electron chi connectivity index (χ3n) is 3.69. The average molecular weight is 426 g/mol. The highest BCUT2D eigenvalue weighted by molar-refractivity contribution is 9.10. The minimum absolute atomic E-state index is 0.220. The fourth-order valence-electron chi connectivity index (χ4n) is 2.45. The fraction of sp³-hybridized carbons (Fsp3) is 0.